The molecule has 0 saturated carbocycles. The largest absolute Gasteiger partial charge is 0.384 e. The van der Waals surface area contributed by atoms with Gasteiger partial charge in [0.25, 0.3) is 0 Å². The van der Waals surface area contributed by atoms with E-state index in [-0.39, 0.29) is 5.91 Å². The van der Waals surface area contributed by atoms with E-state index in [1.54, 1.807) is 6.07 Å². The van der Waals surface area contributed by atoms with E-state index in [1.807, 2.05) is 18.2 Å². The molecule has 0 fully saturated rings. The Hall–Kier alpha value is -2.02. The molecule has 1 rings (SSSR count). The van der Waals surface area contributed by atoms with Gasteiger partial charge in [-0.3, -0.25) is 4.79 Å². The first-order chi connectivity index (χ1) is 7.74. The molecule has 0 radical (unpaired) electrons. The van der Waals surface area contributed by atoms with Crippen LogP contribution in [0.2, 0.25) is 0 Å². The van der Waals surface area contributed by atoms with E-state index in [0.717, 1.165) is 25.1 Å². The molecule has 4 heteroatoms. The number of nitrogens with two attached hydrogens (primary N) is 1. The van der Waals surface area contributed by atoms with E-state index in [9.17, 15) is 4.79 Å². The summed E-state index contributed by atoms with van der Waals surface area (Å²) in [5, 5.41) is 12.0. The molecule has 1 aromatic carbocycles. The fourth-order valence-electron chi connectivity index (χ4n) is 1.38. The summed E-state index contributed by atoms with van der Waals surface area (Å²) < 4.78 is 0. The first-order valence-electron chi connectivity index (χ1n) is 5.25. The van der Waals surface area contributed by atoms with Crippen molar-refractivity contribution in [2.24, 2.45) is 5.73 Å². The van der Waals surface area contributed by atoms with Crippen LogP contribution in [-0.4, -0.2) is 12.5 Å². The van der Waals surface area contributed by atoms with Crippen LogP contribution in [-0.2, 0) is 4.79 Å². The molecule has 4 nitrogen and oxygen atoms in total. The van der Waals surface area contributed by atoms with Crippen LogP contribution in [0.3, 0.4) is 0 Å². The van der Waals surface area contributed by atoms with Gasteiger partial charge in [0.05, 0.1) is 11.3 Å². The Kier molecular flexibility index (Phi) is 4.87. The number of hydrogen-bond acceptors (Lipinski definition) is 3. The summed E-state index contributed by atoms with van der Waals surface area (Å²) in [6.07, 6.45) is 2.06. The number of nitrogens with one attached hydrogen (secondary N) is 1. The topological polar surface area (TPSA) is 78.9 Å². The molecule has 0 saturated heterocycles. The maximum Gasteiger partial charge on any atom is 0.217 e. The van der Waals surface area contributed by atoms with Gasteiger partial charge in [0.15, 0.2) is 0 Å². The van der Waals surface area contributed by atoms with Gasteiger partial charge in [-0.15, -0.1) is 0 Å². The van der Waals surface area contributed by atoms with Crippen molar-refractivity contribution in [1.82, 2.24) is 0 Å². The molecule has 84 valence electrons. The third kappa shape index (κ3) is 4.01. The number of unbranched alkanes of at least 4 members (excludes halogenated alkanes) is 1. The van der Waals surface area contributed by atoms with Crippen LogP contribution in [0.1, 0.15) is 24.8 Å². The van der Waals surface area contributed by atoms with Crippen molar-refractivity contribution in [3.05, 3.63) is 29.8 Å². The van der Waals surface area contributed by atoms with Crippen molar-refractivity contribution < 1.29 is 4.79 Å². The van der Waals surface area contributed by atoms with E-state index < -0.39 is 0 Å². The van der Waals surface area contributed by atoms with Gasteiger partial charge in [-0.2, -0.15) is 5.26 Å². The summed E-state index contributed by atoms with van der Waals surface area (Å²) in [7, 11) is 0. The molecule has 0 bridgehead atoms. The SMILES string of the molecule is N#Cc1ccccc1NCCCCC(N)=O. The molecule has 0 unspecified atom stereocenters. The molecular weight excluding hydrogens is 202 g/mol. The summed E-state index contributed by atoms with van der Waals surface area (Å²) in [5.74, 6) is -0.266. The second-order valence-corrected chi connectivity index (χ2v) is 3.51. The predicted molar refractivity (Wildman–Crippen MR) is 62.7 cm³/mol. The third-order valence-electron chi connectivity index (χ3n) is 2.21. The first-order valence-corrected chi connectivity index (χ1v) is 5.25. The average Bonchev–Trinajstić information content (AvgIpc) is 2.29. The number of amides is 1. The maximum atomic E-state index is 10.5. The van der Waals surface area contributed by atoms with Gasteiger partial charge >= 0.3 is 0 Å². The molecule has 0 aliphatic carbocycles. The second-order valence-electron chi connectivity index (χ2n) is 3.51. The molecule has 0 aliphatic heterocycles. The molecule has 0 aromatic heterocycles. The van der Waals surface area contributed by atoms with E-state index in [0.29, 0.717) is 12.0 Å². The zero-order valence-corrected chi connectivity index (χ0v) is 9.07. The molecular formula is C12H15N3O. The monoisotopic (exact) mass is 217 g/mol. The third-order valence-corrected chi connectivity index (χ3v) is 2.21. The molecule has 0 heterocycles. The minimum atomic E-state index is -0.266. The molecule has 1 amide bonds. The van der Waals surface area contributed by atoms with Crippen LogP contribution in [0.25, 0.3) is 0 Å². The highest BCUT2D eigenvalue weighted by Gasteiger charge is 1.99. The second kappa shape index (κ2) is 6.46. The molecule has 0 aliphatic rings. The molecule has 1 aromatic rings. The van der Waals surface area contributed by atoms with Crippen molar-refractivity contribution in [1.29, 1.82) is 5.26 Å². The van der Waals surface area contributed by atoms with E-state index in [1.165, 1.54) is 0 Å². The Bertz CT molecular complexity index is 395. The maximum absolute atomic E-state index is 10.5. The summed E-state index contributed by atoms with van der Waals surface area (Å²) in [4.78, 5) is 10.5. The van der Waals surface area contributed by atoms with Gasteiger partial charge in [-0.05, 0) is 25.0 Å². The van der Waals surface area contributed by atoms with Crippen LogP contribution in [0.5, 0.6) is 0 Å². The van der Waals surface area contributed by atoms with Gasteiger partial charge in [0.1, 0.15) is 6.07 Å². The fraction of sp³-hybridized carbons (Fsp3) is 0.333. The summed E-state index contributed by atoms with van der Waals surface area (Å²) in [5.41, 5.74) is 6.50. The van der Waals surface area contributed by atoms with Crippen LogP contribution in [0, 0.1) is 11.3 Å². The van der Waals surface area contributed by atoms with Gasteiger partial charge in [-0.1, -0.05) is 12.1 Å². The Balaban J connectivity index is 2.32. The summed E-state index contributed by atoms with van der Waals surface area (Å²) >= 11 is 0. The van der Waals surface area contributed by atoms with Crippen molar-refractivity contribution in [3.8, 4) is 6.07 Å². The molecule has 3 N–H and O–H groups in total. The highest BCUT2D eigenvalue weighted by atomic mass is 16.1. The Labute approximate surface area is 95.1 Å². The van der Waals surface area contributed by atoms with Crippen LogP contribution in [0.4, 0.5) is 5.69 Å². The number of benzene rings is 1. The lowest BCUT2D eigenvalue weighted by atomic mass is 10.2. The number of carbonyl (C=O) groups is 1. The Morgan fingerprint density at radius 3 is 2.81 bits per heavy atom. The number of carbonyl (C=O) groups excluding carboxylic acids is 1. The van der Waals surface area contributed by atoms with Gasteiger partial charge in [0.2, 0.25) is 5.91 Å². The number of anilines is 1. The van der Waals surface area contributed by atoms with Crippen LogP contribution < -0.4 is 11.1 Å². The average molecular weight is 217 g/mol. The zero-order valence-electron chi connectivity index (χ0n) is 9.07. The van der Waals surface area contributed by atoms with E-state index >= 15 is 0 Å². The minimum absolute atomic E-state index is 0.266. The van der Waals surface area contributed by atoms with Gasteiger partial charge < -0.3 is 11.1 Å². The van der Waals surface area contributed by atoms with E-state index in [4.69, 9.17) is 11.0 Å². The quantitative estimate of drug-likeness (QED) is 0.711. The fourth-order valence-corrected chi connectivity index (χ4v) is 1.38. The van der Waals surface area contributed by atoms with Gasteiger partial charge in [-0.25, -0.2) is 0 Å². The van der Waals surface area contributed by atoms with Crippen molar-refractivity contribution >= 4 is 11.6 Å². The van der Waals surface area contributed by atoms with Crippen molar-refractivity contribution in [2.75, 3.05) is 11.9 Å². The number of primary amides is 1. The first kappa shape index (κ1) is 12.1. The Morgan fingerprint density at radius 1 is 1.38 bits per heavy atom. The zero-order chi connectivity index (χ0) is 11.8. The summed E-state index contributed by atoms with van der Waals surface area (Å²) in [6.45, 7) is 0.742. The number of para-hydroxylation sites is 1. The van der Waals surface area contributed by atoms with Gasteiger partial charge in [0, 0.05) is 13.0 Å². The smallest absolute Gasteiger partial charge is 0.217 e. The predicted octanol–water partition coefficient (Wildman–Crippen LogP) is 1.63. The minimum Gasteiger partial charge on any atom is -0.384 e. The number of nitrogens with zero attached hydrogens (tertiary/aromatic N) is 1. The van der Waals surface area contributed by atoms with Crippen molar-refractivity contribution in [2.45, 2.75) is 19.3 Å². The lowest BCUT2D eigenvalue weighted by molar-refractivity contribution is -0.118. The van der Waals surface area contributed by atoms with Crippen molar-refractivity contribution in [3.63, 3.8) is 0 Å². The number of hydrogen-bond donors (Lipinski definition) is 2. The Morgan fingerprint density at radius 2 is 2.12 bits per heavy atom. The molecule has 0 spiro atoms. The van der Waals surface area contributed by atoms with Crippen LogP contribution >= 0.6 is 0 Å². The molecule has 0 atom stereocenters. The number of rotatable bonds is 6. The lowest BCUT2D eigenvalue weighted by Gasteiger charge is -2.06. The molecule has 16 heavy (non-hydrogen) atoms. The van der Waals surface area contributed by atoms with E-state index in [2.05, 4.69) is 11.4 Å². The normalized spacial score (nSPS) is 9.44. The lowest BCUT2D eigenvalue weighted by Crippen LogP contribution is -2.11. The number of nitriles is 1. The standard InChI is InChI=1S/C12H15N3O/c13-9-10-5-1-2-6-11(10)15-8-4-3-7-12(14)16/h1-2,5-6,15H,3-4,7-8H2,(H2,14,16). The van der Waals surface area contributed by atoms with Crippen LogP contribution in [0.15, 0.2) is 24.3 Å². The highest BCUT2D eigenvalue weighted by Crippen LogP contribution is 2.13. The highest BCUT2D eigenvalue weighted by molar-refractivity contribution is 5.73. The summed E-state index contributed by atoms with van der Waals surface area (Å²) in [6, 6.07) is 9.47.